The van der Waals surface area contributed by atoms with E-state index in [1.807, 2.05) is 30.0 Å². The number of carbonyl (C=O) groups is 3. The number of benzodiazepines with no additional fused rings is 1. The zero-order chi connectivity index (χ0) is 29.9. The van der Waals surface area contributed by atoms with Crippen molar-refractivity contribution in [2.24, 2.45) is 16.8 Å². The van der Waals surface area contributed by atoms with Gasteiger partial charge in [0.25, 0.3) is 5.91 Å². The van der Waals surface area contributed by atoms with Crippen LogP contribution in [0.3, 0.4) is 0 Å². The van der Waals surface area contributed by atoms with Crippen LogP contribution in [0.15, 0.2) is 77.8 Å². The smallest absolute Gasteiger partial charge is 0.321 e. The summed E-state index contributed by atoms with van der Waals surface area (Å²) in [6, 6.07) is 20.1. The van der Waals surface area contributed by atoms with Gasteiger partial charge in [-0.1, -0.05) is 49.4 Å². The minimum absolute atomic E-state index is 0.143. The Morgan fingerprint density at radius 3 is 2.28 bits per heavy atom. The number of amides is 4. The molecule has 222 valence electrons. The Bertz CT molecular complexity index is 1550. The molecule has 0 spiro atoms. The Morgan fingerprint density at radius 2 is 1.58 bits per heavy atom. The fourth-order valence-electron chi connectivity index (χ4n) is 6.45. The molecule has 1 saturated carbocycles. The molecule has 4 aliphatic rings. The van der Waals surface area contributed by atoms with E-state index in [0.29, 0.717) is 41.9 Å². The average Bonchev–Trinajstić information content (AvgIpc) is 3.40. The Balaban J connectivity index is 1.35. The maximum absolute atomic E-state index is 15.2. The van der Waals surface area contributed by atoms with E-state index in [2.05, 4.69) is 15.6 Å². The van der Waals surface area contributed by atoms with Crippen molar-refractivity contribution in [3.63, 3.8) is 0 Å². The first-order valence-corrected chi connectivity index (χ1v) is 15.1. The fraction of sp³-hybridized carbons (Fsp3) is 0.353. The van der Waals surface area contributed by atoms with Gasteiger partial charge in [-0.15, -0.1) is 0 Å². The lowest BCUT2D eigenvalue weighted by Gasteiger charge is -2.29. The molecule has 7 rings (SSSR count). The van der Waals surface area contributed by atoms with Crippen molar-refractivity contribution in [2.45, 2.75) is 45.2 Å². The molecule has 0 unspecified atom stereocenters. The van der Waals surface area contributed by atoms with Crippen LogP contribution in [0.2, 0.25) is 0 Å². The third kappa shape index (κ3) is 6.16. The van der Waals surface area contributed by atoms with E-state index < -0.39 is 23.9 Å². The lowest BCUT2D eigenvalue weighted by atomic mass is 9.84. The highest BCUT2D eigenvalue weighted by molar-refractivity contribution is 6.21. The SMILES string of the molecule is CCc1cccc(NC(=O)N[C@@H]2N=C(c3ccccc3F)c3ccccc3N(CC(=O)N3CC4CCC(CC4)C3)C2=O)c1. The molecule has 43 heavy (non-hydrogen) atoms. The van der Waals surface area contributed by atoms with E-state index in [1.165, 1.54) is 11.0 Å². The Labute approximate surface area is 251 Å². The molecule has 1 aliphatic carbocycles. The molecule has 2 saturated heterocycles. The van der Waals surface area contributed by atoms with Crippen molar-refractivity contribution in [1.29, 1.82) is 0 Å². The molecular weight excluding hydrogens is 545 g/mol. The first-order chi connectivity index (χ1) is 20.9. The van der Waals surface area contributed by atoms with Crippen LogP contribution in [0.5, 0.6) is 0 Å². The standard InChI is InChI=1S/C34H36FN5O3/c1-2-22-8-7-9-25(18-22)36-34(43)38-32-33(42)40(21-30(41)39-19-23-14-15-24(20-39)17-16-23)29-13-6-4-11-27(29)31(37-32)26-10-3-5-12-28(26)35/h3-13,18,23-24,32H,2,14-17,19-21H2,1H3,(H2,36,38,43)/t23?,24?,32-/m0/s1. The van der Waals surface area contributed by atoms with Crippen LogP contribution < -0.4 is 15.5 Å². The number of urea groups is 1. The van der Waals surface area contributed by atoms with Crippen molar-refractivity contribution in [3.05, 3.63) is 95.3 Å². The number of hydrogen-bond acceptors (Lipinski definition) is 4. The quantitative estimate of drug-likeness (QED) is 0.410. The van der Waals surface area contributed by atoms with Gasteiger partial charge in [0.2, 0.25) is 12.1 Å². The molecule has 0 aromatic heterocycles. The normalized spacial score (nSPS) is 21.4. The second-order valence-corrected chi connectivity index (χ2v) is 11.6. The van der Waals surface area contributed by atoms with Crippen LogP contribution in [0.1, 0.15) is 49.3 Å². The van der Waals surface area contributed by atoms with Crippen LogP contribution in [0.4, 0.5) is 20.6 Å². The van der Waals surface area contributed by atoms with E-state index >= 15 is 4.39 Å². The van der Waals surface area contributed by atoms with Gasteiger partial charge in [-0.3, -0.25) is 14.5 Å². The molecule has 0 radical (unpaired) electrons. The van der Waals surface area contributed by atoms with Gasteiger partial charge in [0.05, 0.1) is 11.4 Å². The van der Waals surface area contributed by atoms with Crippen LogP contribution in [-0.4, -0.2) is 54.3 Å². The number of nitrogens with zero attached hydrogens (tertiary/aromatic N) is 3. The van der Waals surface area contributed by atoms with Gasteiger partial charge in [-0.25, -0.2) is 14.2 Å². The van der Waals surface area contributed by atoms with Crippen LogP contribution in [0, 0.1) is 17.7 Å². The zero-order valence-corrected chi connectivity index (χ0v) is 24.3. The summed E-state index contributed by atoms with van der Waals surface area (Å²) in [4.78, 5) is 49.1. The Hall–Kier alpha value is -4.53. The van der Waals surface area contributed by atoms with Crippen LogP contribution in [0.25, 0.3) is 0 Å². The van der Waals surface area contributed by atoms with E-state index in [1.54, 1.807) is 48.5 Å². The van der Waals surface area contributed by atoms with Crippen LogP contribution in [-0.2, 0) is 16.0 Å². The van der Waals surface area contributed by atoms with Gasteiger partial charge in [0.15, 0.2) is 0 Å². The number of aryl methyl sites for hydroxylation is 1. The van der Waals surface area contributed by atoms with Crippen molar-refractivity contribution in [2.75, 3.05) is 29.9 Å². The van der Waals surface area contributed by atoms with Gasteiger partial charge in [0.1, 0.15) is 12.4 Å². The number of benzene rings is 3. The summed E-state index contributed by atoms with van der Waals surface area (Å²) in [6.45, 7) is 3.20. The van der Waals surface area contributed by atoms with Crippen molar-refractivity contribution < 1.29 is 18.8 Å². The molecule has 1 atom stereocenters. The molecular formula is C34H36FN5O3. The summed E-state index contributed by atoms with van der Waals surface area (Å²) in [7, 11) is 0. The topological polar surface area (TPSA) is 94.1 Å². The third-order valence-corrected chi connectivity index (χ3v) is 8.77. The number of carbonyl (C=O) groups excluding carboxylic acids is 3. The highest BCUT2D eigenvalue weighted by atomic mass is 19.1. The maximum Gasteiger partial charge on any atom is 0.321 e. The number of hydrogen-bond donors (Lipinski definition) is 2. The minimum atomic E-state index is -1.40. The monoisotopic (exact) mass is 581 g/mol. The largest absolute Gasteiger partial charge is 0.341 e. The number of para-hydroxylation sites is 1. The summed E-state index contributed by atoms with van der Waals surface area (Å²) in [5.41, 5.74) is 2.99. The number of fused-ring (bicyclic) bond motifs is 5. The molecule has 9 heteroatoms. The predicted molar refractivity (Wildman–Crippen MR) is 165 cm³/mol. The molecule has 4 amide bonds. The number of anilines is 2. The lowest BCUT2D eigenvalue weighted by molar-refractivity contribution is -0.132. The maximum atomic E-state index is 15.2. The van der Waals surface area contributed by atoms with Crippen molar-refractivity contribution in [3.8, 4) is 0 Å². The fourth-order valence-corrected chi connectivity index (χ4v) is 6.45. The summed E-state index contributed by atoms with van der Waals surface area (Å²) in [6.07, 6.45) is 3.91. The Kier molecular flexibility index (Phi) is 8.22. The number of rotatable bonds is 6. The highest BCUT2D eigenvalue weighted by Gasteiger charge is 2.37. The molecule has 3 heterocycles. The molecule has 8 nitrogen and oxygen atoms in total. The summed E-state index contributed by atoms with van der Waals surface area (Å²) >= 11 is 0. The van der Waals surface area contributed by atoms with Crippen LogP contribution >= 0.6 is 0 Å². The predicted octanol–water partition coefficient (Wildman–Crippen LogP) is 5.37. The minimum Gasteiger partial charge on any atom is -0.341 e. The molecule has 2 bridgehead atoms. The van der Waals surface area contributed by atoms with Crippen molar-refractivity contribution in [1.82, 2.24) is 10.2 Å². The summed E-state index contributed by atoms with van der Waals surface area (Å²) in [5.74, 6) is -0.254. The molecule has 2 N–H and O–H groups in total. The van der Waals surface area contributed by atoms with E-state index in [9.17, 15) is 14.4 Å². The lowest BCUT2D eigenvalue weighted by Crippen LogP contribution is -2.51. The first kappa shape index (κ1) is 28.6. The Morgan fingerprint density at radius 1 is 0.907 bits per heavy atom. The third-order valence-electron chi connectivity index (χ3n) is 8.77. The zero-order valence-electron chi connectivity index (χ0n) is 24.3. The van der Waals surface area contributed by atoms with E-state index in [4.69, 9.17) is 0 Å². The number of nitrogens with one attached hydrogen (secondary N) is 2. The van der Waals surface area contributed by atoms with Gasteiger partial charge < -0.3 is 15.5 Å². The van der Waals surface area contributed by atoms with Gasteiger partial charge in [-0.2, -0.15) is 0 Å². The first-order valence-electron chi connectivity index (χ1n) is 15.1. The highest BCUT2D eigenvalue weighted by Crippen LogP contribution is 2.34. The van der Waals surface area contributed by atoms with Crippen molar-refractivity contribution >= 4 is 34.9 Å². The van der Waals surface area contributed by atoms with Gasteiger partial charge in [-0.05, 0) is 79.8 Å². The molecule has 3 aromatic carbocycles. The molecule has 3 fully saturated rings. The molecule has 3 aromatic rings. The summed E-state index contributed by atoms with van der Waals surface area (Å²) in [5, 5.41) is 5.47. The van der Waals surface area contributed by atoms with E-state index in [0.717, 1.165) is 37.7 Å². The molecule has 3 aliphatic heterocycles. The average molecular weight is 582 g/mol. The second-order valence-electron chi connectivity index (χ2n) is 11.6. The van der Waals surface area contributed by atoms with Gasteiger partial charge in [0, 0.05) is 29.9 Å². The van der Waals surface area contributed by atoms with Gasteiger partial charge >= 0.3 is 6.03 Å². The summed E-state index contributed by atoms with van der Waals surface area (Å²) < 4.78 is 15.2. The number of aliphatic imine (C=N–C) groups is 1. The van der Waals surface area contributed by atoms with E-state index in [-0.39, 0.29) is 23.7 Å². The number of halogens is 1. The second kappa shape index (κ2) is 12.4.